The molecule has 0 aliphatic carbocycles. The molecule has 0 bridgehead atoms. The fraction of sp³-hybridized carbons (Fsp3) is 1.00. The Labute approximate surface area is 86.8 Å². The van der Waals surface area contributed by atoms with E-state index in [0.29, 0.717) is 6.04 Å². The van der Waals surface area contributed by atoms with Crippen molar-refractivity contribution in [3.63, 3.8) is 0 Å². The standard InChI is InChI=1S/C11H22N2O/c1-2-13-6-3-10(4-7-13)12-11-5-8-14-9-11/h10-12H,2-9H2,1H3/t11-/m0/s1. The second-order valence-corrected chi connectivity index (χ2v) is 4.44. The van der Waals surface area contributed by atoms with Crippen LogP contribution in [0.5, 0.6) is 0 Å². The van der Waals surface area contributed by atoms with Gasteiger partial charge in [-0.2, -0.15) is 0 Å². The number of ether oxygens (including phenoxy) is 1. The molecule has 2 aliphatic heterocycles. The molecule has 2 fully saturated rings. The number of nitrogens with one attached hydrogen (secondary N) is 1. The van der Waals surface area contributed by atoms with E-state index in [2.05, 4.69) is 17.1 Å². The van der Waals surface area contributed by atoms with Crippen LogP contribution in [0.25, 0.3) is 0 Å². The smallest absolute Gasteiger partial charge is 0.0620 e. The van der Waals surface area contributed by atoms with Crippen LogP contribution in [0.3, 0.4) is 0 Å². The summed E-state index contributed by atoms with van der Waals surface area (Å²) in [6.45, 7) is 7.86. The maximum absolute atomic E-state index is 5.37. The highest BCUT2D eigenvalue weighted by Gasteiger charge is 2.22. The summed E-state index contributed by atoms with van der Waals surface area (Å²) in [4.78, 5) is 2.53. The van der Waals surface area contributed by atoms with E-state index >= 15 is 0 Å². The molecule has 2 heterocycles. The zero-order valence-corrected chi connectivity index (χ0v) is 9.17. The van der Waals surface area contributed by atoms with E-state index in [1.165, 1.54) is 38.9 Å². The maximum atomic E-state index is 5.37. The lowest BCUT2D eigenvalue weighted by atomic mass is 10.0. The first-order valence-electron chi connectivity index (χ1n) is 5.94. The van der Waals surface area contributed by atoms with Crippen molar-refractivity contribution >= 4 is 0 Å². The number of hydrogen-bond acceptors (Lipinski definition) is 3. The third kappa shape index (κ3) is 2.69. The number of rotatable bonds is 3. The van der Waals surface area contributed by atoms with E-state index < -0.39 is 0 Å². The third-order valence-corrected chi connectivity index (χ3v) is 3.44. The predicted octanol–water partition coefficient (Wildman–Crippen LogP) is 0.849. The number of piperidine rings is 1. The van der Waals surface area contributed by atoms with Gasteiger partial charge >= 0.3 is 0 Å². The highest BCUT2D eigenvalue weighted by Crippen LogP contribution is 2.13. The summed E-state index contributed by atoms with van der Waals surface area (Å²) in [5.74, 6) is 0. The third-order valence-electron chi connectivity index (χ3n) is 3.44. The zero-order valence-electron chi connectivity index (χ0n) is 9.17. The molecule has 0 aromatic rings. The quantitative estimate of drug-likeness (QED) is 0.727. The lowest BCUT2D eigenvalue weighted by Gasteiger charge is -2.32. The zero-order chi connectivity index (χ0) is 9.80. The van der Waals surface area contributed by atoms with E-state index in [0.717, 1.165) is 19.3 Å². The normalized spacial score (nSPS) is 31.1. The van der Waals surface area contributed by atoms with Gasteiger partial charge in [-0.3, -0.25) is 0 Å². The summed E-state index contributed by atoms with van der Waals surface area (Å²) in [5.41, 5.74) is 0. The Morgan fingerprint density at radius 2 is 2.00 bits per heavy atom. The van der Waals surface area contributed by atoms with Crippen molar-refractivity contribution in [2.45, 2.75) is 38.3 Å². The van der Waals surface area contributed by atoms with Gasteiger partial charge in [0, 0.05) is 18.7 Å². The van der Waals surface area contributed by atoms with Crippen molar-refractivity contribution in [2.24, 2.45) is 0 Å². The van der Waals surface area contributed by atoms with Crippen molar-refractivity contribution in [2.75, 3.05) is 32.8 Å². The van der Waals surface area contributed by atoms with Crippen LogP contribution in [0.2, 0.25) is 0 Å². The number of likely N-dealkylation sites (tertiary alicyclic amines) is 1. The molecule has 0 aromatic heterocycles. The Kier molecular flexibility index (Phi) is 3.79. The summed E-state index contributed by atoms with van der Waals surface area (Å²) in [6, 6.07) is 1.37. The molecule has 0 radical (unpaired) electrons. The van der Waals surface area contributed by atoms with Crippen LogP contribution in [0, 0.1) is 0 Å². The molecule has 14 heavy (non-hydrogen) atoms. The van der Waals surface area contributed by atoms with Gasteiger partial charge in [0.2, 0.25) is 0 Å². The van der Waals surface area contributed by atoms with Crippen molar-refractivity contribution in [3.8, 4) is 0 Å². The van der Waals surface area contributed by atoms with E-state index in [1.807, 2.05) is 0 Å². The summed E-state index contributed by atoms with van der Waals surface area (Å²) in [5, 5.41) is 3.71. The fourth-order valence-corrected chi connectivity index (χ4v) is 2.42. The first-order chi connectivity index (χ1) is 6.88. The second-order valence-electron chi connectivity index (χ2n) is 4.44. The van der Waals surface area contributed by atoms with Gasteiger partial charge in [-0.05, 0) is 38.9 Å². The highest BCUT2D eigenvalue weighted by atomic mass is 16.5. The van der Waals surface area contributed by atoms with Crippen molar-refractivity contribution in [3.05, 3.63) is 0 Å². The Morgan fingerprint density at radius 1 is 1.21 bits per heavy atom. The summed E-state index contributed by atoms with van der Waals surface area (Å²) >= 11 is 0. The van der Waals surface area contributed by atoms with Crippen LogP contribution in [-0.4, -0.2) is 49.8 Å². The van der Waals surface area contributed by atoms with Crippen molar-refractivity contribution in [1.29, 1.82) is 0 Å². The van der Waals surface area contributed by atoms with Crippen molar-refractivity contribution < 1.29 is 4.74 Å². The monoisotopic (exact) mass is 198 g/mol. The van der Waals surface area contributed by atoms with Gasteiger partial charge in [0.05, 0.1) is 6.61 Å². The molecule has 2 aliphatic rings. The molecule has 0 aromatic carbocycles. The van der Waals surface area contributed by atoms with Crippen LogP contribution < -0.4 is 5.32 Å². The van der Waals surface area contributed by atoms with Crippen LogP contribution >= 0.6 is 0 Å². The Morgan fingerprint density at radius 3 is 2.57 bits per heavy atom. The van der Waals surface area contributed by atoms with Gasteiger partial charge in [-0.1, -0.05) is 6.92 Å². The molecule has 82 valence electrons. The summed E-state index contributed by atoms with van der Waals surface area (Å²) in [7, 11) is 0. The molecule has 1 atom stereocenters. The van der Waals surface area contributed by atoms with E-state index in [4.69, 9.17) is 4.74 Å². The van der Waals surface area contributed by atoms with Crippen LogP contribution in [-0.2, 0) is 4.74 Å². The second kappa shape index (κ2) is 5.10. The molecular weight excluding hydrogens is 176 g/mol. The molecule has 0 amide bonds. The highest BCUT2D eigenvalue weighted by molar-refractivity contribution is 4.81. The minimum Gasteiger partial charge on any atom is -0.380 e. The Hall–Kier alpha value is -0.120. The Balaban J connectivity index is 1.67. The van der Waals surface area contributed by atoms with Gasteiger partial charge in [-0.25, -0.2) is 0 Å². The number of nitrogens with zero attached hydrogens (tertiary/aromatic N) is 1. The molecule has 3 nitrogen and oxygen atoms in total. The first kappa shape index (κ1) is 10.4. The molecule has 2 saturated heterocycles. The summed E-state index contributed by atoms with van der Waals surface area (Å²) < 4.78 is 5.37. The molecule has 0 spiro atoms. The van der Waals surface area contributed by atoms with Gasteiger partial charge in [0.1, 0.15) is 0 Å². The topological polar surface area (TPSA) is 24.5 Å². The molecule has 0 unspecified atom stereocenters. The van der Waals surface area contributed by atoms with Crippen LogP contribution in [0.15, 0.2) is 0 Å². The van der Waals surface area contributed by atoms with Crippen molar-refractivity contribution in [1.82, 2.24) is 10.2 Å². The molecule has 3 heteroatoms. The molecule has 1 N–H and O–H groups in total. The Bertz CT molecular complexity index is 161. The maximum Gasteiger partial charge on any atom is 0.0620 e. The average molecular weight is 198 g/mol. The minimum absolute atomic E-state index is 0.633. The summed E-state index contributed by atoms with van der Waals surface area (Å²) in [6.07, 6.45) is 3.82. The van der Waals surface area contributed by atoms with E-state index in [9.17, 15) is 0 Å². The van der Waals surface area contributed by atoms with Gasteiger partial charge in [0.25, 0.3) is 0 Å². The van der Waals surface area contributed by atoms with Crippen LogP contribution in [0.4, 0.5) is 0 Å². The van der Waals surface area contributed by atoms with Crippen LogP contribution in [0.1, 0.15) is 26.2 Å². The SMILES string of the molecule is CCN1CCC(N[C@H]2CCOC2)CC1. The lowest BCUT2D eigenvalue weighted by Crippen LogP contribution is -2.46. The fourth-order valence-electron chi connectivity index (χ4n) is 2.42. The molecular formula is C11H22N2O. The lowest BCUT2D eigenvalue weighted by molar-refractivity contribution is 0.174. The molecule has 2 rings (SSSR count). The van der Waals surface area contributed by atoms with Gasteiger partial charge in [-0.15, -0.1) is 0 Å². The number of hydrogen-bond donors (Lipinski definition) is 1. The minimum atomic E-state index is 0.633. The predicted molar refractivity (Wildman–Crippen MR) is 57.5 cm³/mol. The largest absolute Gasteiger partial charge is 0.380 e. The molecule has 0 saturated carbocycles. The average Bonchev–Trinajstić information content (AvgIpc) is 2.72. The van der Waals surface area contributed by atoms with E-state index in [-0.39, 0.29) is 0 Å². The van der Waals surface area contributed by atoms with E-state index in [1.54, 1.807) is 0 Å². The first-order valence-corrected chi connectivity index (χ1v) is 5.94. The van der Waals surface area contributed by atoms with Gasteiger partial charge in [0.15, 0.2) is 0 Å². The van der Waals surface area contributed by atoms with Gasteiger partial charge < -0.3 is 15.0 Å².